The van der Waals surface area contributed by atoms with Gasteiger partial charge in [0.1, 0.15) is 11.6 Å². The van der Waals surface area contributed by atoms with Crippen molar-refractivity contribution >= 4 is 17.5 Å². The van der Waals surface area contributed by atoms with Crippen molar-refractivity contribution in [1.82, 2.24) is 10.3 Å². The molecule has 0 aliphatic heterocycles. The first kappa shape index (κ1) is 18.7. The van der Waals surface area contributed by atoms with Gasteiger partial charge in [-0.1, -0.05) is 24.3 Å². The lowest BCUT2D eigenvalue weighted by atomic mass is 10.1. The number of nitrogens with two attached hydrogens (primary N) is 1. The topological polar surface area (TPSA) is 100 Å². The van der Waals surface area contributed by atoms with Crippen molar-refractivity contribution in [3.8, 4) is 0 Å². The highest BCUT2D eigenvalue weighted by atomic mass is 19.1. The molecule has 0 atom stereocenters. The fourth-order valence-corrected chi connectivity index (χ4v) is 2.38. The van der Waals surface area contributed by atoms with Crippen LogP contribution in [-0.4, -0.2) is 35.7 Å². The van der Waals surface area contributed by atoms with Gasteiger partial charge >= 0.3 is 5.97 Å². The summed E-state index contributed by atoms with van der Waals surface area (Å²) >= 11 is 0. The second-order valence-corrected chi connectivity index (χ2v) is 5.75. The Bertz CT molecular complexity index is 692. The van der Waals surface area contributed by atoms with Crippen molar-refractivity contribution in [2.24, 2.45) is 0 Å². The SMILES string of the molecule is Nc1ncc(F)cc1NCCCNCCc1ccc(CC(=O)O)cc1. The maximum Gasteiger partial charge on any atom is 0.307 e. The number of carboxylic acids is 1. The van der Waals surface area contributed by atoms with Crippen molar-refractivity contribution in [3.63, 3.8) is 0 Å². The average Bonchev–Trinajstić information content (AvgIpc) is 2.58. The van der Waals surface area contributed by atoms with Crippen molar-refractivity contribution in [2.45, 2.75) is 19.3 Å². The Hall–Kier alpha value is -2.67. The molecule has 2 aromatic rings. The van der Waals surface area contributed by atoms with E-state index in [1.54, 1.807) is 0 Å². The molecule has 0 bridgehead atoms. The molecule has 1 heterocycles. The standard InChI is InChI=1S/C18H23FN4O2/c19-15-11-16(18(20)23-12-15)22-8-1-7-21-9-6-13-2-4-14(5-3-13)10-17(24)25/h2-5,11-12,21-22H,1,6-10H2,(H2,20,23)(H,24,25). The van der Waals surface area contributed by atoms with E-state index in [2.05, 4.69) is 15.6 Å². The number of nitrogen functional groups attached to an aromatic ring is 1. The van der Waals surface area contributed by atoms with E-state index in [9.17, 15) is 9.18 Å². The van der Waals surface area contributed by atoms with Gasteiger partial charge in [0.05, 0.1) is 18.3 Å². The molecule has 6 nitrogen and oxygen atoms in total. The Kier molecular flexibility index (Phi) is 7.16. The smallest absolute Gasteiger partial charge is 0.307 e. The molecule has 0 unspecified atom stereocenters. The van der Waals surface area contributed by atoms with Crippen molar-refractivity contribution in [1.29, 1.82) is 0 Å². The lowest BCUT2D eigenvalue weighted by molar-refractivity contribution is -0.136. The summed E-state index contributed by atoms with van der Waals surface area (Å²) in [4.78, 5) is 14.4. The molecule has 0 amide bonds. The number of aliphatic carboxylic acids is 1. The van der Waals surface area contributed by atoms with Gasteiger partial charge in [-0.15, -0.1) is 0 Å². The molecule has 25 heavy (non-hydrogen) atoms. The molecule has 0 saturated carbocycles. The number of nitrogens with zero attached hydrogens (tertiary/aromatic N) is 1. The molecule has 0 spiro atoms. The van der Waals surface area contributed by atoms with Gasteiger partial charge in [-0.25, -0.2) is 9.37 Å². The summed E-state index contributed by atoms with van der Waals surface area (Å²) in [7, 11) is 0. The summed E-state index contributed by atoms with van der Waals surface area (Å²) in [5.41, 5.74) is 8.15. The van der Waals surface area contributed by atoms with Crippen LogP contribution in [0.15, 0.2) is 36.5 Å². The summed E-state index contributed by atoms with van der Waals surface area (Å²) in [5.74, 6) is -0.941. The normalized spacial score (nSPS) is 10.6. The number of benzene rings is 1. The molecule has 134 valence electrons. The van der Waals surface area contributed by atoms with Gasteiger partial charge in [0.2, 0.25) is 0 Å². The second-order valence-electron chi connectivity index (χ2n) is 5.75. The zero-order valence-electron chi connectivity index (χ0n) is 14.0. The molecule has 1 aromatic carbocycles. The van der Waals surface area contributed by atoms with Crippen LogP contribution in [0.3, 0.4) is 0 Å². The van der Waals surface area contributed by atoms with E-state index >= 15 is 0 Å². The summed E-state index contributed by atoms with van der Waals surface area (Å²) in [6, 6.07) is 8.96. The molecular weight excluding hydrogens is 323 g/mol. The predicted octanol–water partition coefficient (Wildman–Crippen LogP) is 2.06. The number of rotatable bonds is 10. The lowest BCUT2D eigenvalue weighted by Gasteiger charge is -2.09. The third kappa shape index (κ3) is 6.76. The van der Waals surface area contributed by atoms with Gasteiger partial charge in [0, 0.05) is 12.6 Å². The third-order valence-electron chi connectivity index (χ3n) is 3.70. The van der Waals surface area contributed by atoms with Crippen LogP contribution in [0.25, 0.3) is 0 Å². The zero-order valence-corrected chi connectivity index (χ0v) is 14.0. The number of carbonyl (C=O) groups is 1. The van der Waals surface area contributed by atoms with Crippen LogP contribution in [-0.2, 0) is 17.6 Å². The largest absolute Gasteiger partial charge is 0.481 e. The molecule has 5 N–H and O–H groups in total. The Morgan fingerprint density at radius 2 is 1.88 bits per heavy atom. The Morgan fingerprint density at radius 3 is 2.60 bits per heavy atom. The van der Waals surface area contributed by atoms with Gasteiger partial charge in [0.15, 0.2) is 0 Å². The van der Waals surface area contributed by atoms with E-state index in [0.29, 0.717) is 18.1 Å². The first-order valence-corrected chi connectivity index (χ1v) is 8.20. The second kappa shape index (κ2) is 9.58. The number of hydrogen-bond acceptors (Lipinski definition) is 5. The van der Waals surface area contributed by atoms with E-state index in [-0.39, 0.29) is 6.42 Å². The minimum Gasteiger partial charge on any atom is -0.481 e. The maximum absolute atomic E-state index is 13.1. The van der Waals surface area contributed by atoms with Crippen molar-refractivity contribution < 1.29 is 14.3 Å². The van der Waals surface area contributed by atoms with E-state index in [4.69, 9.17) is 10.8 Å². The number of hydrogen-bond donors (Lipinski definition) is 4. The minimum absolute atomic E-state index is 0.0525. The van der Waals surface area contributed by atoms with Crippen LogP contribution in [0.5, 0.6) is 0 Å². The Morgan fingerprint density at radius 1 is 1.16 bits per heavy atom. The number of anilines is 2. The summed E-state index contributed by atoms with van der Waals surface area (Å²) in [6.45, 7) is 2.33. The predicted molar refractivity (Wildman–Crippen MR) is 96.1 cm³/mol. The van der Waals surface area contributed by atoms with Crippen LogP contribution >= 0.6 is 0 Å². The quantitative estimate of drug-likeness (QED) is 0.492. The van der Waals surface area contributed by atoms with Crippen LogP contribution < -0.4 is 16.4 Å². The summed E-state index contributed by atoms with van der Waals surface area (Å²) < 4.78 is 13.1. The van der Waals surface area contributed by atoms with E-state index in [1.807, 2.05) is 24.3 Å². The van der Waals surface area contributed by atoms with Crippen LogP contribution in [0.2, 0.25) is 0 Å². The summed E-state index contributed by atoms with van der Waals surface area (Å²) in [6.07, 6.45) is 2.89. The number of carboxylic acid groups (broad SMARTS) is 1. The molecule has 0 aliphatic rings. The minimum atomic E-state index is -0.821. The molecule has 7 heteroatoms. The molecular formula is C18H23FN4O2. The number of pyridine rings is 1. The number of halogens is 1. The number of aromatic nitrogens is 1. The van der Waals surface area contributed by atoms with Gasteiger partial charge in [0.25, 0.3) is 0 Å². The third-order valence-corrected chi connectivity index (χ3v) is 3.70. The maximum atomic E-state index is 13.1. The lowest BCUT2D eigenvalue weighted by Crippen LogP contribution is -2.21. The average molecular weight is 346 g/mol. The van der Waals surface area contributed by atoms with Crippen LogP contribution in [0.1, 0.15) is 17.5 Å². The molecule has 2 rings (SSSR count). The highest BCUT2D eigenvalue weighted by Gasteiger charge is 2.02. The highest BCUT2D eigenvalue weighted by molar-refractivity contribution is 5.70. The molecule has 0 fully saturated rings. The van der Waals surface area contributed by atoms with Crippen LogP contribution in [0.4, 0.5) is 15.9 Å². The molecule has 0 aliphatic carbocycles. The first-order chi connectivity index (χ1) is 12.0. The van der Waals surface area contributed by atoms with Gasteiger partial charge in [-0.3, -0.25) is 4.79 Å². The van der Waals surface area contributed by atoms with E-state index in [0.717, 1.165) is 37.7 Å². The summed E-state index contributed by atoms with van der Waals surface area (Å²) in [5, 5.41) is 15.1. The Labute approximate surface area is 146 Å². The molecule has 0 saturated heterocycles. The fraction of sp³-hybridized carbons (Fsp3) is 0.333. The molecule has 0 radical (unpaired) electrons. The molecule has 1 aromatic heterocycles. The van der Waals surface area contributed by atoms with Crippen molar-refractivity contribution in [3.05, 3.63) is 53.5 Å². The van der Waals surface area contributed by atoms with Gasteiger partial charge in [-0.05, 0) is 37.1 Å². The number of nitrogens with one attached hydrogen (secondary N) is 2. The first-order valence-electron chi connectivity index (χ1n) is 8.20. The van der Waals surface area contributed by atoms with Crippen molar-refractivity contribution in [2.75, 3.05) is 30.7 Å². The monoisotopic (exact) mass is 346 g/mol. The van der Waals surface area contributed by atoms with Gasteiger partial charge < -0.3 is 21.5 Å². The fourth-order valence-electron chi connectivity index (χ4n) is 2.38. The van der Waals surface area contributed by atoms with E-state index < -0.39 is 11.8 Å². The highest BCUT2D eigenvalue weighted by Crippen LogP contribution is 2.15. The zero-order chi connectivity index (χ0) is 18.1. The van der Waals surface area contributed by atoms with Gasteiger partial charge in [-0.2, -0.15) is 0 Å². The van der Waals surface area contributed by atoms with E-state index in [1.165, 1.54) is 11.6 Å². The Balaban J connectivity index is 1.59. The van der Waals surface area contributed by atoms with Crippen LogP contribution in [0, 0.1) is 5.82 Å².